The quantitative estimate of drug-likeness (QED) is 0.509. The summed E-state index contributed by atoms with van der Waals surface area (Å²) in [6.07, 6.45) is 1.78. The highest BCUT2D eigenvalue weighted by Crippen LogP contribution is 2.31. The number of methoxy groups -OCH3 is 2. The molecule has 4 rings (SSSR count). The maximum absolute atomic E-state index is 13.7. The Morgan fingerprint density at radius 3 is 2.50 bits per heavy atom. The van der Waals surface area contributed by atoms with Gasteiger partial charge >= 0.3 is 5.97 Å². The third-order valence-corrected chi connectivity index (χ3v) is 6.62. The first-order valence-corrected chi connectivity index (χ1v) is 11.7. The molecule has 8 heteroatoms. The Hall–Kier alpha value is -3.65. The van der Waals surface area contributed by atoms with Gasteiger partial charge in [-0.3, -0.25) is 9.36 Å². The molecule has 0 saturated carbocycles. The van der Waals surface area contributed by atoms with E-state index in [1.54, 1.807) is 44.8 Å². The summed E-state index contributed by atoms with van der Waals surface area (Å²) < 4.78 is 18.2. The number of benzene rings is 2. The average Bonchev–Trinajstić information content (AvgIpc) is 3.13. The van der Waals surface area contributed by atoms with Crippen molar-refractivity contribution in [3.05, 3.63) is 90.1 Å². The van der Waals surface area contributed by atoms with E-state index in [9.17, 15) is 9.59 Å². The number of fused-ring (bicyclic) bond motifs is 1. The maximum Gasteiger partial charge on any atom is 0.338 e. The van der Waals surface area contributed by atoms with Crippen molar-refractivity contribution in [2.75, 3.05) is 20.8 Å². The second-order valence-electron chi connectivity index (χ2n) is 7.82. The Kier molecular flexibility index (Phi) is 6.70. The van der Waals surface area contributed by atoms with Gasteiger partial charge in [0.25, 0.3) is 5.56 Å². The molecular weight excluding hydrogens is 452 g/mol. The first-order chi connectivity index (χ1) is 16.4. The van der Waals surface area contributed by atoms with Gasteiger partial charge in [0.1, 0.15) is 11.5 Å². The number of thiazole rings is 1. The molecule has 0 radical (unpaired) electrons. The van der Waals surface area contributed by atoms with E-state index >= 15 is 0 Å². The van der Waals surface area contributed by atoms with E-state index in [4.69, 9.17) is 14.2 Å². The number of aromatic nitrogens is 1. The monoisotopic (exact) mass is 478 g/mol. The predicted molar refractivity (Wildman–Crippen MR) is 131 cm³/mol. The summed E-state index contributed by atoms with van der Waals surface area (Å²) in [5.41, 5.74) is 3.31. The van der Waals surface area contributed by atoms with Gasteiger partial charge in [-0.1, -0.05) is 41.2 Å². The Morgan fingerprint density at radius 1 is 1.12 bits per heavy atom. The lowest BCUT2D eigenvalue weighted by atomic mass is 9.95. The minimum Gasteiger partial charge on any atom is -0.497 e. The van der Waals surface area contributed by atoms with E-state index in [-0.39, 0.29) is 12.2 Å². The van der Waals surface area contributed by atoms with Gasteiger partial charge in [-0.25, -0.2) is 9.79 Å². The van der Waals surface area contributed by atoms with E-state index in [1.807, 2.05) is 43.3 Å². The normalized spacial score (nSPS) is 15.6. The van der Waals surface area contributed by atoms with Crippen molar-refractivity contribution in [3.8, 4) is 11.5 Å². The molecule has 3 aromatic rings. The Morgan fingerprint density at radius 2 is 1.85 bits per heavy atom. The smallest absolute Gasteiger partial charge is 0.338 e. The van der Waals surface area contributed by atoms with E-state index in [0.29, 0.717) is 32.1 Å². The number of nitrogens with zero attached hydrogens (tertiary/aromatic N) is 2. The number of carbonyl (C=O) groups is 1. The van der Waals surface area contributed by atoms with Crippen LogP contribution in [0.5, 0.6) is 11.5 Å². The summed E-state index contributed by atoms with van der Waals surface area (Å²) in [5, 5.41) is 0. The van der Waals surface area contributed by atoms with Crippen molar-refractivity contribution in [1.82, 2.24) is 4.57 Å². The van der Waals surface area contributed by atoms with Gasteiger partial charge in [-0.15, -0.1) is 0 Å². The van der Waals surface area contributed by atoms with Crippen molar-refractivity contribution in [2.45, 2.75) is 26.8 Å². The van der Waals surface area contributed by atoms with Crippen LogP contribution in [0.25, 0.3) is 6.08 Å². The molecule has 1 aliphatic rings. The van der Waals surface area contributed by atoms with Crippen LogP contribution in [0.3, 0.4) is 0 Å². The van der Waals surface area contributed by atoms with E-state index in [0.717, 1.165) is 16.7 Å². The van der Waals surface area contributed by atoms with E-state index in [2.05, 4.69) is 4.99 Å². The van der Waals surface area contributed by atoms with Crippen LogP contribution in [0, 0.1) is 6.92 Å². The Balaban J connectivity index is 1.94. The van der Waals surface area contributed by atoms with Gasteiger partial charge < -0.3 is 14.2 Å². The lowest BCUT2D eigenvalue weighted by molar-refractivity contribution is -0.139. The molecule has 1 atom stereocenters. The molecular formula is C26H26N2O5S. The zero-order valence-electron chi connectivity index (χ0n) is 19.7. The summed E-state index contributed by atoms with van der Waals surface area (Å²) in [6.45, 7) is 5.76. The molecule has 2 heterocycles. The topological polar surface area (TPSA) is 79.1 Å². The standard InChI is InChI=1S/C26H26N2O5S/c1-6-33-25(30)22-16(3)27-26-28(23(22)17-9-7-15(2)8-10-17)24(29)21(34-26)13-18-11-12-19(31-4)14-20(18)32-5/h7-14,23H,6H2,1-5H3/b21-13-. The van der Waals surface area contributed by atoms with Crippen molar-refractivity contribution in [1.29, 1.82) is 0 Å². The Bertz CT molecular complexity index is 1450. The molecule has 0 amide bonds. The molecule has 2 aromatic carbocycles. The molecule has 0 spiro atoms. The lowest BCUT2D eigenvalue weighted by Crippen LogP contribution is -2.39. The summed E-state index contributed by atoms with van der Waals surface area (Å²) in [7, 11) is 3.15. The maximum atomic E-state index is 13.7. The van der Waals surface area contributed by atoms with Crippen LogP contribution in [-0.4, -0.2) is 31.4 Å². The van der Waals surface area contributed by atoms with Crippen molar-refractivity contribution >= 4 is 23.4 Å². The molecule has 0 saturated heterocycles. The number of allylic oxidation sites excluding steroid dienone is 1. The zero-order chi connectivity index (χ0) is 24.4. The number of ether oxygens (including phenoxy) is 3. The lowest BCUT2D eigenvalue weighted by Gasteiger charge is -2.24. The molecule has 7 nitrogen and oxygen atoms in total. The van der Waals surface area contributed by atoms with Crippen molar-refractivity contribution in [2.24, 2.45) is 4.99 Å². The van der Waals surface area contributed by atoms with Crippen LogP contribution in [0.1, 0.15) is 36.6 Å². The first-order valence-electron chi connectivity index (χ1n) is 10.9. The third kappa shape index (κ3) is 4.28. The highest BCUT2D eigenvalue weighted by atomic mass is 32.1. The molecule has 0 aliphatic carbocycles. The number of hydrogen-bond acceptors (Lipinski definition) is 7. The highest BCUT2D eigenvalue weighted by molar-refractivity contribution is 7.07. The summed E-state index contributed by atoms with van der Waals surface area (Å²) in [6, 6.07) is 12.6. The molecule has 1 aromatic heterocycles. The van der Waals surface area contributed by atoms with Crippen LogP contribution in [0.2, 0.25) is 0 Å². The van der Waals surface area contributed by atoms with Gasteiger partial charge in [-0.05, 0) is 44.5 Å². The van der Waals surface area contributed by atoms with Crippen LogP contribution in [0.15, 0.2) is 63.5 Å². The minimum atomic E-state index is -0.629. The minimum absolute atomic E-state index is 0.234. The number of rotatable bonds is 6. The number of carbonyl (C=O) groups excluding carboxylic acids is 1. The van der Waals surface area contributed by atoms with Crippen molar-refractivity contribution < 1.29 is 19.0 Å². The third-order valence-electron chi connectivity index (χ3n) is 5.64. The van der Waals surface area contributed by atoms with Gasteiger partial charge in [0, 0.05) is 11.6 Å². The zero-order valence-corrected chi connectivity index (χ0v) is 20.6. The fraction of sp³-hybridized carbons (Fsp3) is 0.269. The SMILES string of the molecule is CCOC(=O)C1=C(C)N=c2s/c(=C\c3ccc(OC)cc3OC)c(=O)n2C1c1ccc(C)cc1. The molecule has 34 heavy (non-hydrogen) atoms. The van der Waals surface area contributed by atoms with Gasteiger partial charge in [0.15, 0.2) is 4.80 Å². The predicted octanol–water partition coefficient (Wildman–Crippen LogP) is 3.12. The van der Waals surface area contributed by atoms with Gasteiger partial charge in [-0.2, -0.15) is 0 Å². The summed E-state index contributed by atoms with van der Waals surface area (Å²) in [4.78, 5) is 31.7. The summed E-state index contributed by atoms with van der Waals surface area (Å²) >= 11 is 1.27. The average molecular weight is 479 g/mol. The van der Waals surface area contributed by atoms with E-state index in [1.165, 1.54) is 11.3 Å². The van der Waals surface area contributed by atoms with Crippen LogP contribution < -0.4 is 24.4 Å². The largest absolute Gasteiger partial charge is 0.497 e. The fourth-order valence-corrected chi connectivity index (χ4v) is 4.97. The fourth-order valence-electron chi connectivity index (χ4n) is 3.93. The number of aryl methyl sites for hydroxylation is 1. The number of esters is 1. The van der Waals surface area contributed by atoms with E-state index < -0.39 is 12.0 Å². The molecule has 176 valence electrons. The van der Waals surface area contributed by atoms with Crippen LogP contribution in [-0.2, 0) is 9.53 Å². The Labute approximate surface area is 201 Å². The molecule has 0 N–H and O–H groups in total. The second-order valence-corrected chi connectivity index (χ2v) is 8.83. The molecule has 1 aliphatic heterocycles. The second kappa shape index (κ2) is 9.69. The molecule has 0 fully saturated rings. The molecule has 0 bridgehead atoms. The van der Waals surface area contributed by atoms with Gasteiger partial charge in [0.2, 0.25) is 0 Å². The highest BCUT2D eigenvalue weighted by Gasteiger charge is 2.33. The van der Waals surface area contributed by atoms with Gasteiger partial charge in [0.05, 0.1) is 42.7 Å². The first kappa shape index (κ1) is 23.5. The summed E-state index contributed by atoms with van der Waals surface area (Å²) in [5.74, 6) is 0.772. The van der Waals surface area contributed by atoms with Crippen LogP contribution in [0.4, 0.5) is 0 Å². The molecule has 1 unspecified atom stereocenters. The van der Waals surface area contributed by atoms with Crippen LogP contribution >= 0.6 is 11.3 Å². The number of hydrogen-bond donors (Lipinski definition) is 0. The van der Waals surface area contributed by atoms with Crippen molar-refractivity contribution in [3.63, 3.8) is 0 Å².